The van der Waals surface area contributed by atoms with Crippen LogP contribution in [-0.2, 0) is 14.3 Å². The summed E-state index contributed by atoms with van der Waals surface area (Å²) in [5.74, 6) is -1.51. The molecule has 10 heteroatoms. The van der Waals surface area contributed by atoms with Gasteiger partial charge in [-0.2, -0.15) is 0 Å². The van der Waals surface area contributed by atoms with Gasteiger partial charge in [0.05, 0.1) is 44.2 Å². The van der Waals surface area contributed by atoms with Gasteiger partial charge in [0.1, 0.15) is 0 Å². The van der Waals surface area contributed by atoms with E-state index >= 15 is 0 Å². The number of Topliss-reactive ketones (excluding diaryl/α,β-unsaturated/α-hetero) is 1. The second kappa shape index (κ2) is 10.5. The number of rotatable bonds is 6. The van der Waals surface area contributed by atoms with Crippen molar-refractivity contribution in [2.24, 2.45) is 23.7 Å². The van der Waals surface area contributed by atoms with Crippen LogP contribution in [0.1, 0.15) is 38.9 Å². The van der Waals surface area contributed by atoms with Crippen LogP contribution in [0.15, 0.2) is 70.0 Å². The highest BCUT2D eigenvalue weighted by molar-refractivity contribution is 9.10. The lowest BCUT2D eigenvalue weighted by Crippen LogP contribution is -2.32. The van der Waals surface area contributed by atoms with Crippen molar-refractivity contribution in [3.8, 4) is 11.3 Å². The highest BCUT2D eigenvalue weighted by Crippen LogP contribution is 2.56. The number of esters is 1. The molecule has 2 aromatic heterocycles. The number of pyridine rings is 1. The van der Waals surface area contributed by atoms with Crippen molar-refractivity contribution in [1.82, 2.24) is 4.98 Å². The molecule has 2 bridgehead atoms. The van der Waals surface area contributed by atoms with Gasteiger partial charge >= 0.3 is 5.97 Å². The smallest absolute Gasteiger partial charge is 0.339 e. The summed E-state index contributed by atoms with van der Waals surface area (Å²) in [6.45, 7) is 3.47. The zero-order chi connectivity index (χ0) is 30.2. The van der Waals surface area contributed by atoms with Crippen molar-refractivity contribution in [2.75, 3.05) is 11.5 Å². The number of hydrogen-bond donors (Lipinski definition) is 0. The number of imide groups is 1. The topological polar surface area (TPSA) is 93.6 Å². The molecular weight excluding hydrogens is 652 g/mol. The molecule has 0 radical (unpaired) electrons. The molecule has 4 atom stereocenters. The number of benzene rings is 2. The SMILES string of the molecule is CC1=CC2CC1C1C(=O)N(c3ccc(-c4cc(C(=O)OCC(=O)c5cccs5)c5cc(Br)c(Cl)c(C)c5n4)cc3)C(=O)C21. The molecule has 2 aliphatic carbocycles. The van der Waals surface area contributed by atoms with Crippen LogP contribution in [-0.4, -0.2) is 35.2 Å². The first-order valence-electron chi connectivity index (χ1n) is 13.8. The van der Waals surface area contributed by atoms with E-state index in [9.17, 15) is 19.2 Å². The van der Waals surface area contributed by atoms with Crippen molar-refractivity contribution in [3.63, 3.8) is 0 Å². The molecule has 1 saturated heterocycles. The lowest BCUT2D eigenvalue weighted by Gasteiger charge is -2.19. The summed E-state index contributed by atoms with van der Waals surface area (Å²) in [5.41, 5.74) is 4.30. The molecular formula is C33H24BrClN2O5S. The number of halogens is 2. The summed E-state index contributed by atoms with van der Waals surface area (Å²) < 4.78 is 6.06. The number of aryl methyl sites for hydroxylation is 1. The van der Waals surface area contributed by atoms with Crippen LogP contribution in [0.25, 0.3) is 22.2 Å². The largest absolute Gasteiger partial charge is 0.454 e. The molecule has 2 aromatic carbocycles. The molecule has 0 N–H and O–H groups in total. The van der Waals surface area contributed by atoms with Gasteiger partial charge in [0.25, 0.3) is 0 Å². The summed E-state index contributed by atoms with van der Waals surface area (Å²) in [6.07, 6.45) is 3.04. The van der Waals surface area contributed by atoms with Gasteiger partial charge in [0.2, 0.25) is 17.6 Å². The molecule has 0 spiro atoms. The number of thiophene rings is 1. The zero-order valence-corrected chi connectivity index (χ0v) is 26.3. The number of anilines is 1. The quantitative estimate of drug-likeness (QED) is 0.0914. The van der Waals surface area contributed by atoms with E-state index in [4.69, 9.17) is 21.3 Å². The number of aromatic nitrogens is 1. The number of ether oxygens (including phenoxy) is 1. The monoisotopic (exact) mass is 674 g/mol. The van der Waals surface area contributed by atoms with E-state index in [1.165, 1.54) is 21.8 Å². The Hall–Kier alpha value is -3.66. The minimum absolute atomic E-state index is 0.131. The molecule has 3 heterocycles. The molecule has 3 aliphatic rings. The van der Waals surface area contributed by atoms with Gasteiger partial charge in [-0.15, -0.1) is 11.3 Å². The molecule has 1 aliphatic heterocycles. The molecule has 1 saturated carbocycles. The Morgan fingerprint density at radius 2 is 1.84 bits per heavy atom. The van der Waals surface area contributed by atoms with E-state index in [0.29, 0.717) is 47.8 Å². The molecule has 7 rings (SSSR count). The maximum atomic E-state index is 13.4. The van der Waals surface area contributed by atoms with Crippen molar-refractivity contribution < 1.29 is 23.9 Å². The first-order valence-corrected chi connectivity index (χ1v) is 15.9. The lowest BCUT2D eigenvalue weighted by molar-refractivity contribution is -0.123. The maximum Gasteiger partial charge on any atom is 0.339 e. The summed E-state index contributed by atoms with van der Waals surface area (Å²) in [5, 5.41) is 2.78. The highest BCUT2D eigenvalue weighted by Gasteiger charge is 2.60. The molecule has 216 valence electrons. The number of carbonyl (C=O) groups excluding carboxylic acids is 4. The van der Waals surface area contributed by atoms with Crippen LogP contribution in [0.2, 0.25) is 5.02 Å². The average Bonchev–Trinajstić information content (AvgIpc) is 3.79. The minimum atomic E-state index is -0.665. The number of amides is 2. The lowest BCUT2D eigenvalue weighted by atomic mass is 9.82. The second-order valence-corrected chi connectivity index (χ2v) is 13.4. The summed E-state index contributed by atoms with van der Waals surface area (Å²) in [7, 11) is 0. The maximum absolute atomic E-state index is 13.4. The Morgan fingerprint density at radius 1 is 1.09 bits per heavy atom. The molecule has 4 unspecified atom stereocenters. The number of fused-ring (bicyclic) bond motifs is 6. The minimum Gasteiger partial charge on any atom is -0.454 e. The predicted octanol–water partition coefficient (Wildman–Crippen LogP) is 7.43. The Morgan fingerprint density at radius 3 is 2.56 bits per heavy atom. The normalized spacial score (nSPS) is 22.3. The van der Waals surface area contributed by atoms with E-state index in [0.717, 1.165) is 6.42 Å². The Kier molecular flexibility index (Phi) is 6.87. The van der Waals surface area contributed by atoms with Crippen molar-refractivity contribution in [2.45, 2.75) is 20.3 Å². The van der Waals surface area contributed by atoms with Crippen molar-refractivity contribution >= 4 is 79.0 Å². The van der Waals surface area contributed by atoms with Crippen LogP contribution >= 0.6 is 38.9 Å². The number of nitrogens with zero attached hydrogens (tertiary/aromatic N) is 2. The van der Waals surface area contributed by atoms with Gasteiger partial charge in [-0.05, 0) is 89.3 Å². The van der Waals surface area contributed by atoms with Gasteiger partial charge in [0.15, 0.2) is 6.61 Å². The fraction of sp³-hybridized carbons (Fsp3) is 0.242. The van der Waals surface area contributed by atoms with Crippen LogP contribution in [0, 0.1) is 30.6 Å². The van der Waals surface area contributed by atoms with Gasteiger partial charge in [-0.3, -0.25) is 19.3 Å². The van der Waals surface area contributed by atoms with E-state index in [-0.39, 0.29) is 46.8 Å². The average molecular weight is 676 g/mol. The van der Waals surface area contributed by atoms with Crippen LogP contribution in [0.4, 0.5) is 5.69 Å². The number of allylic oxidation sites excluding steroid dienone is 2. The first kappa shape index (κ1) is 28.1. The van der Waals surface area contributed by atoms with Crippen LogP contribution in [0.3, 0.4) is 0 Å². The van der Waals surface area contributed by atoms with Crippen LogP contribution < -0.4 is 4.90 Å². The third kappa shape index (κ3) is 4.48. The molecule has 4 aromatic rings. The zero-order valence-electron chi connectivity index (χ0n) is 23.1. The van der Waals surface area contributed by atoms with Crippen LogP contribution in [0.5, 0.6) is 0 Å². The molecule has 43 heavy (non-hydrogen) atoms. The third-order valence-electron chi connectivity index (χ3n) is 8.88. The first-order chi connectivity index (χ1) is 20.6. The summed E-state index contributed by atoms with van der Waals surface area (Å²) in [6, 6.07) is 13.8. The van der Waals surface area contributed by atoms with E-state index < -0.39 is 12.6 Å². The second-order valence-electron chi connectivity index (χ2n) is 11.3. The predicted molar refractivity (Wildman–Crippen MR) is 168 cm³/mol. The number of carbonyl (C=O) groups is 4. The van der Waals surface area contributed by atoms with Crippen molar-refractivity contribution in [1.29, 1.82) is 0 Å². The van der Waals surface area contributed by atoms with E-state index in [2.05, 4.69) is 22.0 Å². The molecule has 2 fully saturated rings. The number of hydrogen-bond acceptors (Lipinski definition) is 7. The summed E-state index contributed by atoms with van der Waals surface area (Å²) in [4.78, 5) is 59.3. The van der Waals surface area contributed by atoms with Gasteiger partial charge < -0.3 is 4.74 Å². The Balaban J connectivity index is 1.22. The van der Waals surface area contributed by atoms with Gasteiger partial charge in [-0.1, -0.05) is 41.4 Å². The fourth-order valence-electron chi connectivity index (χ4n) is 6.80. The molecule has 2 amide bonds. The third-order valence-corrected chi connectivity index (χ3v) is 11.1. The Bertz CT molecular complexity index is 1900. The summed E-state index contributed by atoms with van der Waals surface area (Å²) >= 11 is 11.3. The highest BCUT2D eigenvalue weighted by atomic mass is 79.9. The standard InChI is InChI=1S/C33H24BrClN2O5S/c1-15-10-18-11-20(15)28-27(18)31(39)37(32(28)40)19-7-5-17(6-8-19)24-13-22(21-12-23(34)29(35)16(2)30(21)36-24)33(41)42-14-25(38)26-4-3-9-43-26/h3-10,12-13,18,20,27-28H,11,14H2,1-2H3. The van der Waals surface area contributed by atoms with Crippen molar-refractivity contribution in [3.05, 3.63) is 91.1 Å². The van der Waals surface area contributed by atoms with Gasteiger partial charge in [0, 0.05) is 15.4 Å². The van der Waals surface area contributed by atoms with E-state index in [1.807, 2.05) is 13.8 Å². The molecule has 7 nitrogen and oxygen atoms in total. The fourth-order valence-corrected chi connectivity index (χ4v) is 8.13. The number of ketones is 1. The Labute approximate surface area is 264 Å². The van der Waals surface area contributed by atoms with E-state index in [1.54, 1.807) is 53.9 Å². The van der Waals surface area contributed by atoms with Gasteiger partial charge in [-0.25, -0.2) is 9.78 Å².